The summed E-state index contributed by atoms with van der Waals surface area (Å²) >= 11 is 0. The largest absolute Gasteiger partial charge is 0.491 e. The Morgan fingerprint density at radius 1 is 1.00 bits per heavy atom. The number of hydrogen-bond donors (Lipinski definition) is 1. The average molecular weight is 357 g/mol. The maximum atomic E-state index is 12.1. The van der Waals surface area contributed by atoms with Crippen molar-refractivity contribution in [1.29, 1.82) is 0 Å². The van der Waals surface area contributed by atoms with Crippen molar-refractivity contribution < 1.29 is 19.0 Å². The zero-order chi connectivity index (χ0) is 18.8. The minimum Gasteiger partial charge on any atom is -0.491 e. The topological polar surface area (TPSA) is 56.8 Å². The first-order valence-electron chi connectivity index (χ1n) is 8.92. The second-order valence-electron chi connectivity index (χ2n) is 6.10. The van der Waals surface area contributed by atoms with Crippen molar-refractivity contribution in [3.63, 3.8) is 0 Å². The summed E-state index contributed by atoms with van der Waals surface area (Å²) in [6, 6.07) is 15.0. The van der Waals surface area contributed by atoms with Crippen LogP contribution in [0.15, 0.2) is 48.5 Å². The van der Waals surface area contributed by atoms with E-state index < -0.39 is 0 Å². The van der Waals surface area contributed by atoms with Crippen molar-refractivity contribution in [2.45, 2.75) is 26.7 Å². The first-order valence-corrected chi connectivity index (χ1v) is 8.92. The van der Waals surface area contributed by atoms with Crippen molar-refractivity contribution in [3.05, 3.63) is 54.1 Å². The van der Waals surface area contributed by atoms with Gasteiger partial charge < -0.3 is 19.5 Å². The molecule has 1 amide bonds. The molecule has 0 radical (unpaired) electrons. The molecule has 2 rings (SSSR count). The van der Waals surface area contributed by atoms with E-state index in [2.05, 4.69) is 19.2 Å². The predicted molar refractivity (Wildman–Crippen MR) is 103 cm³/mol. The SMILES string of the molecule is CCOCCOc1ccc(NC(=O)COc2ccccc2C(C)C)cc1. The number of benzene rings is 2. The summed E-state index contributed by atoms with van der Waals surface area (Å²) < 4.78 is 16.5. The number of carbonyl (C=O) groups excluding carboxylic acids is 1. The van der Waals surface area contributed by atoms with E-state index in [1.54, 1.807) is 12.1 Å². The number of amides is 1. The number of carbonyl (C=O) groups is 1. The van der Waals surface area contributed by atoms with E-state index in [-0.39, 0.29) is 12.5 Å². The molecule has 0 bridgehead atoms. The van der Waals surface area contributed by atoms with E-state index in [4.69, 9.17) is 14.2 Å². The summed E-state index contributed by atoms with van der Waals surface area (Å²) in [5.74, 6) is 1.62. The van der Waals surface area contributed by atoms with Crippen LogP contribution < -0.4 is 14.8 Å². The van der Waals surface area contributed by atoms with Crippen molar-refractivity contribution in [3.8, 4) is 11.5 Å². The van der Waals surface area contributed by atoms with Gasteiger partial charge in [-0.15, -0.1) is 0 Å². The maximum Gasteiger partial charge on any atom is 0.262 e. The van der Waals surface area contributed by atoms with E-state index in [0.29, 0.717) is 31.4 Å². The molecule has 0 spiro atoms. The monoisotopic (exact) mass is 357 g/mol. The Kier molecular flexibility index (Phi) is 7.96. The van der Waals surface area contributed by atoms with Crippen LogP contribution in [-0.4, -0.2) is 32.3 Å². The van der Waals surface area contributed by atoms with E-state index in [1.807, 2.05) is 43.3 Å². The van der Waals surface area contributed by atoms with Crippen molar-refractivity contribution >= 4 is 11.6 Å². The van der Waals surface area contributed by atoms with Crippen LogP contribution in [-0.2, 0) is 9.53 Å². The van der Waals surface area contributed by atoms with Crippen LogP contribution >= 0.6 is 0 Å². The van der Waals surface area contributed by atoms with Crippen LogP contribution in [0.5, 0.6) is 11.5 Å². The van der Waals surface area contributed by atoms with E-state index >= 15 is 0 Å². The highest BCUT2D eigenvalue weighted by Gasteiger charge is 2.09. The summed E-state index contributed by atoms with van der Waals surface area (Å²) in [4.78, 5) is 12.1. The number of rotatable bonds is 10. The standard InChI is InChI=1S/C21H27NO4/c1-4-24-13-14-25-18-11-9-17(10-12-18)22-21(23)15-26-20-8-6-5-7-19(20)16(2)3/h5-12,16H,4,13-15H2,1-3H3,(H,22,23). The highest BCUT2D eigenvalue weighted by molar-refractivity contribution is 5.91. The van der Waals surface area contributed by atoms with E-state index in [0.717, 1.165) is 17.1 Å². The van der Waals surface area contributed by atoms with E-state index in [1.165, 1.54) is 0 Å². The smallest absolute Gasteiger partial charge is 0.262 e. The summed E-state index contributed by atoms with van der Waals surface area (Å²) in [7, 11) is 0. The third-order valence-electron chi connectivity index (χ3n) is 3.74. The van der Waals surface area contributed by atoms with Gasteiger partial charge in [0, 0.05) is 12.3 Å². The van der Waals surface area contributed by atoms with Gasteiger partial charge in [-0.2, -0.15) is 0 Å². The van der Waals surface area contributed by atoms with Crippen LogP contribution in [0.3, 0.4) is 0 Å². The molecule has 0 saturated heterocycles. The molecule has 2 aromatic carbocycles. The average Bonchev–Trinajstić information content (AvgIpc) is 2.65. The Balaban J connectivity index is 1.81. The Bertz CT molecular complexity index is 683. The zero-order valence-corrected chi connectivity index (χ0v) is 15.7. The molecule has 0 unspecified atom stereocenters. The predicted octanol–water partition coefficient (Wildman–Crippen LogP) is 4.24. The van der Waals surface area contributed by atoms with Crippen LogP contribution in [0, 0.1) is 0 Å². The van der Waals surface area contributed by atoms with Gasteiger partial charge in [-0.1, -0.05) is 32.0 Å². The fourth-order valence-electron chi connectivity index (χ4n) is 2.43. The molecule has 0 aliphatic heterocycles. The molecule has 0 aliphatic carbocycles. The summed E-state index contributed by atoms with van der Waals surface area (Å²) in [5.41, 5.74) is 1.79. The minimum absolute atomic E-state index is 0.0314. The maximum absolute atomic E-state index is 12.1. The lowest BCUT2D eigenvalue weighted by molar-refractivity contribution is -0.118. The summed E-state index contributed by atoms with van der Waals surface area (Å²) in [6.45, 7) is 7.85. The molecule has 0 heterocycles. The van der Waals surface area contributed by atoms with Crippen LogP contribution in [0.25, 0.3) is 0 Å². The second-order valence-corrected chi connectivity index (χ2v) is 6.10. The molecule has 0 aromatic heterocycles. The molecule has 0 aliphatic rings. The second kappa shape index (κ2) is 10.5. The molecule has 1 N–H and O–H groups in total. The molecule has 0 fully saturated rings. The van der Waals surface area contributed by atoms with Gasteiger partial charge >= 0.3 is 0 Å². The first-order chi connectivity index (χ1) is 12.6. The number of para-hydroxylation sites is 1. The van der Waals surface area contributed by atoms with Gasteiger partial charge in [0.15, 0.2) is 6.61 Å². The zero-order valence-electron chi connectivity index (χ0n) is 15.7. The van der Waals surface area contributed by atoms with Crippen LogP contribution in [0.1, 0.15) is 32.3 Å². The molecule has 5 heteroatoms. The first kappa shape index (κ1) is 19.8. The Hall–Kier alpha value is -2.53. The third-order valence-corrected chi connectivity index (χ3v) is 3.74. The molecular formula is C21H27NO4. The van der Waals surface area contributed by atoms with Crippen molar-refractivity contribution in [2.24, 2.45) is 0 Å². The fraction of sp³-hybridized carbons (Fsp3) is 0.381. The molecule has 5 nitrogen and oxygen atoms in total. The summed E-state index contributed by atoms with van der Waals surface area (Å²) in [6.07, 6.45) is 0. The quantitative estimate of drug-likeness (QED) is 0.646. The lowest BCUT2D eigenvalue weighted by Gasteiger charge is -2.14. The van der Waals surface area contributed by atoms with Gasteiger partial charge in [0.1, 0.15) is 18.1 Å². The highest BCUT2D eigenvalue weighted by atomic mass is 16.5. The van der Waals surface area contributed by atoms with Gasteiger partial charge in [0.05, 0.1) is 6.61 Å². The van der Waals surface area contributed by atoms with Crippen LogP contribution in [0.4, 0.5) is 5.69 Å². The van der Waals surface area contributed by atoms with Crippen LogP contribution in [0.2, 0.25) is 0 Å². The Labute approximate surface area is 155 Å². The normalized spacial score (nSPS) is 10.6. The number of nitrogens with one attached hydrogen (secondary N) is 1. The molecule has 26 heavy (non-hydrogen) atoms. The third kappa shape index (κ3) is 6.41. The Morgan fingerprint density at radius 2 is 1.73 bits per heavy atom. The number of ether oxygens (including phenoxy) is 3. The van der Waals surface area contributed by atoms with E-state index in [9.17, 15) is 4.79 Å². The minimum atomic E-state index is -0.200. The van der Waals surface area contributed by atoms with Gasteiger partial charge in [0.25, 0.3) is 5.91 Å². The number of hydrogen-bond acceptors (Lipinski definition) is 4. The van der Waals surface area contributed by atoms with Gasteiger partial charge in [-0.3, -0.25) is 4.79 Å². The summed E-state index contributed by atoms with van der Waals surface area (Å²) in [5, 5.41) is 2.82. The molecule has 0 saturated carbocycles. The molecular weight excluding hydrogens is 330 g/mol. The lowest BCUT2D eigenvalue weighted by atomic mass is 10.0. The van der Waals surface area contributed by atoms with Crippen molar-refractivity contribution in [1.82, 2.24) is 0 Å². The molecule has 140 valence electrons. The highest BCUT2D eigenvalue weighted by Crippen LogP contribution is 2.25. The fourth-order valence-corrected chi connectivity index (χ4v) is 2.43. The van der Waals surface area contributed by atoms with Gasteiger partial charge in [-0.25, -0.2) is 0 Å². The lowest BCUT2D eigenvalue weighted by Crippen LogP contribution is -2.20. The molecule has 0 atom stereocenters. The van der Waals surface area contributed by atoms with Gasteiger partial charge in [0.2, 0.25) is 0 Å². The Morgan fingerprint density at radius 3 is 2.42 bits per heavy atom. The van der Waals surface area contributed by atoms with Crippen molar-refractivity contribution in [2.75, 3.05) is 31.7 Å². The van der Waals surface area contributed by atoms with Gasteiger partial charge in [-0.05, 0) is 48.7 Å². The molecule has 2 aromatic rings. The number of anilines is 1.